The van der Waals surface area contributed by atoms with Gasteiger partial charge in [-0.15, -0.1) is 0 Å². The summed E-state index contributed by atoms with van der Waals surface area (Å²) < 4.78 is 34.4. The van der Waals surface area contributed by atoms with Crippen LogP contribution in [0, 0.1) is 5.92 Å². The molecule has 3 unspecified atom stereocenters. The van der Waals surface area contributed by atoms with Crippen LogP contribution >= 0.6 is 0 Å². The quantitative estimate of drug-likeness (QED) is 0.866. The molecule has 1 aromatic heterocycles. The monoisotopic (exact) mass is 389 g/mol. The van der Waals surface area contributed by atoms with Gasteiger partial charge in [0, 0.05) is 31.0 Å². The normalized spacial score (nSPS) is 24.1. The van der Waals surface area contributed by atoms with E-state index in [0.29, 0.717) is 25.6 Å². The molecule has 3 heterocycles. The third-order valence-electron chi connectivity index (χ3n) is 5.36. The van der Waals surface area contributed by atoms with Crippen LogP contribution in [0.5, 0.6) is 5.75 Å². The van der Waals surface area contributed by atoms with Crippen molar-refractivity contribution < 1.29 is 23.0 Å². The molecule has 4 rings (SSSR count). The lowest BCUT2D eigenvalue weighted by Crippen LogP contribution is -2.44. The summed E-state index contributed by atoms with van der Waals surface area (Å²) in [5.41, 5.74) is 1.20. The minimum atomic E-state index is -2.91. The van der Waals surface area contributed by atoms with E-state index in [0.717, 1.165) is 12.6 Å². The Labute approximate surface area is 161 Å². The highest BCUT2D eigenvalue weighted by Crippen LogP contribution is 2.41. The fourth-order valence-corrected chi connectivity index (χ4v) is 4.10. The molecular formula is C20H21F2N3O3. The van der Waals surface area contributed by atoms with Crippen molar-refractivity contribution in [3.05, 3.63) is 54.2 Å². The van der Waals surface area contributed by atoms with Crippen LogP contribution in [0.3, 0.4) is 0 Å². The Hall–Kier alpha value is -2.74. The molecule has 0 spiro atoms. The maximum Gasteiger partial charge on any atom is 0.387 e. The van der Waals surface area contributed by atoms with Crippen molar-refractivity contribution in [3.8, 4) is 5.75 Å². The molecule has 2 saturated heterocycles. The summed E-state index contributed by atoms with van der Waals surface area (Å²) in [5.74, 6) is 0.699. The summed E-state index contributed by atoms with van der Waals surface area (Å²) in [5, 5.41) is 2.76. The molecule has 2 aliphatic rings. The highest BCUT2D eigenvalue weighted by Gasteiger charge is 2.45. The predicted octanol–water partition coefficient (Wildman–Crippen LogP) is 3.72. The van der Waals surface area contributed by atoms with Gasteiger partial charge in [-0.25, -0.2) is 9.78 Å². The highest BCUT2D eigenvalue weighted by atomic mass is 19.3. The number of carbonyl (C=O) groups excluding carboxylic acids is 1. The number of fused-ring (bicyclic) bond motifs is 1. The number of halogens is 2. The number of urea groups is 1. The van der Waals surface area contributed by atoms with Crippen LogP contribution in [-0.4, -0.2) is 48.3 Å². The molecule has 28 heavy (non-hydrogen) atoms. The number of aromatic nitrogens is 1. The summed E-state index contributed by atoms with van der Waals surface area (Å²) in [6.45, 7) is -1.05. The highest BCUT2D eigenvalue weighted by molar-refractivity contribution is 5.89. The van der Waals surface area contributed by atoms with E-state index in [-0.39, 0.29) is 29.7 Å². The van der Waals surface area contributed by atoms with Crippen molar-refractivity contribution in [1.82, 2.24) is 9.88 Å². The molecule has 148 valence electrons. The van der Waals surface area contributed by atoms with Crippen LogP contribution in [0.1, 0.15) is 17.9 Å². The lowest BCUT2D eigenvalue weighted by molar-refractivity contribution is -0.0500. The minimum absolute atomic E-state index is 0.0530. The Morgan fingerprint density at radius 3 is 2.79 bits per heavy atom. The zero-order valence-electron chi connectivity index (χ0n) is 15.1. The Morgan fingerprint density at radius 2 is 2.07 bits per heavy atom. The number of carbonyl (C=O) groups is 1. The first-order valence-electron chi connectivity index (χ1n) is 9.23. The number of likely N-dealkylation sites (tertiary alicyclic amines) is 1. The number of nitrogens with one attached hydrogen (secondary N) is 1. The number of hydrogen-bond acceptors (Lipinski definition) is 4. The molecule has 2 amide bonds. The number of pyridine rings is 1. The van der Waals surface area contributed by atoms with Gasteiger partial charge in [0.2, 0.25) is 0 Å². The second kappa shape index (κ2) is 8.10. The van der Waals surface area contributed by atoms with Gasteiger partial charge in [0.15, 0.2) is 0 Å². The first-order valence-corrected chi connectivity index (χ1v) is 9.23. The SMILES string of the molecule is O=C(Nc1ccc(OC(F)F)cn1)N1CC(c2ccccc2)C2COCCC21. The summed E-state index contributed by atoms with van der Waals surface area (Å²) in [7, 11) is 0. The molecule has 0 saturated carbocycles. The van der Waals surface area contributed by atoms with Crippen molar-refractivity contribution in [2.24, 2.45) is 5.92 Å². The second-order valence-corrected chi connectivity index (χ2v) is 6.95. The van der Waals surface area contributed by atoms with Gasteiger partial charge in [0.25, 0.3) is 0 Å². The largest absolute Gasteiger partial charge is 0.433 e. The topological polar surface area (TPSA) is 63.7 Å². The summed E-state index contributed by atoms with van der Waals surface area (Å²) >= 11 is 0. The number of ether oxygens (including phenoxy) is 2. The van der Waals surface area contributed by atoms with E-state index < -0.39 is 6.61 Å². The summed E-state index contributed by atoms with van der Waals surface area (Å²) in [6.07, 6.45) is 1.95. The average molecular weight is 389 g/mol. The van der Waals surface area contributed by atoms with Crippen LogP contribution in [0.25, 0.3) is 0 Å². The van der Waals surface area contributed by atoms with Gasteiger partial charge < -0.3 is 14.4 Å². The molecule has 2 fully saturated rings. The van der Waals surface area contributed by atoms with E-state index in [1.54, 1.807) is 0 Å². The van der Waals surface area contributed by atoms with E-state index in [1.165, 1.54) is 17.7 Å². The van der Waals surface area contributed by atoms with E-state index in [4.69, 9.17) is 4.74 Å². The van der Waals surface area contributed by atoms with Gasteiger partial charge in [-0.1, -0.05) is 30.3 Å². The lowest BCUT2D eigenvalue weighted by Gasteiger charge is -2.32. The van der Waals surface area contributed by atoms with Crippen LogP contribution in [0.15, 0.2) is 48.7 Å². The molecule has 1 aromatic carbocycles. The standard InChI is InChI=1S/C20H21F2N3O3/c21-19(22)28-14-6-7-18(23-10-14)24-20(26)25-11-15(13-4-2-1-3-5-13)16-12-27-9-8-17(16)25/h1-7,10,15-17,19H,8-9,11-12H2,(H,23,24,26). The van der Waals surface area contributed by atoms with Gasteiger partial charge in [0.1, 0.15) is 11.6 Å². The van der Waals surface area contributed by atoms with Gasteiger partial charge in [-0.2, -0.15) is 8.78 Å². The third kappa shape index (κ3) is 3.91. The Morgan fingerprint density at radius 1 is 1.25 bits per heavy atom. The van der Waals surface area contributed by atoms with Gasteiger partial charge >= 0.3 is 12.6 Å². The summed E-state index contributed by atoms with van der Waals surface area (Å²) in [6, 6.07) is 12.8. The fourth-order valence-electron chi connectivity index (χ4n) is 4.10. The van der Waals surface area contributed by atoms with Crippen LogP contribution in [-0.2, 0) is 4.74 Å². The van der Waals surface area contributed by atoms with E-state index in [2.05, 4.69) is 27.2 Å². The third-order valence-corrected chi connectivity index (χ3v) is 5.36. The first-order chi connectivity index (χ1) is 13.6. The first kappa shape index (κ1) is 18.6. The molecule has 0 bridgehead atoms. The molecule has 2 aliphatic heterocycles. The number of anilines is 1. The molecule has 2 aromatic rings. The minimum Gasteiger partial charge on any atom is -0.433 e. The second-order valence-electron chi connectivity index (χ2n) is 6.95. The van der Waals surface area contributed by atoms with Gasteiger partial charge in [0.05, 0.1) is 12.8 Å². The van der Waals surface area contributed by atoms with Crippen LogP contribution in [0.4, 0.5) is 19.4 Å². The fraction of sp³-hybridized carbons (Fsp3) is 0.400. The molecule has 3 atom stereocenters. The van der Waals surface area contributed by atoms with Crippen LogP contribution < -0.4 is 10.1 Å². The number of nitrogens with zero attached hydrogens (tertiary/aromatic N) is 2. The van der Waals surface area contributed by atoms with Crippen molar-refractivity contribution >= 4 is 11.8 Å². The maximum atomic E-state index is 12.9. The number of amides is 2. The van der Waals surface area contributed by atoms with Crippen molar-refractivity contribution in [1.29, 1.82) is 0 Å². The average Bonchev–Trinajstić information content (AvgIpc) is 3.10. The number of benzene rings is 1. The number of alkyl halides is 2. The number of hydrogen-bond donors (Lipinski definition) is 1. The molecule has 0 radical (unpaired) electrons. The number of rotatable bonds is 4. The molecular weight excluding hydrogens is 368 g/mol. The smallest absolute Gasteiger partial charge is 0.387 e. The van der Waals surface area contributed by atoms with E-state index >= 15 is 0 Å². The maximum absolute atomic E-state index is 12.9. The van der Waals surface area contributed by atoms with Crippen molar-refractivity contribution in [2.75, 3.05) is 25.1 Å². The van der Waals surface area contributed by atoms with E-state index in [9.17, 15) is 13.6 Å². The predicted molar refractivity (Wildman–Crippen MR) is 98.5 cm³/mol. The Kier molecular flexibility index (Phi) is 5.38. The van der Waals surface area contributed by atoms with Gasteiger partial charge in [-0.3, -0.25) is 5.32 Å². The van der Waals surface area contributed by atoms with Gasteiger partial charge in [-0.05, 0) is 24.1 Å². The lowest BCUT2D eigenvalue weighted by atomic mass is 9.84. The van der Waals surface area contributed by atoms with E-state index in [1.807, 2.05) is 23.1 Å². The Bertz CT molecular complexity index is 804. The molecule has 0 aliphatic carbocycles. The molecule has 8 heteroatoms. The molecule has 1 N–H and O–H groups in total. The zero-order chi connectivity index (χ0) is 19.5. The van der Waals surface area contributed by atoms with Crippen molar-refractivity contribution in [2.45, 2.75) is 25.0 Å². The van der Waals surface area contributed by atoms with Crippen molar-refractivity contribution in [3.63, 3.8) is 0 Å². The van der Waals surface area contributed by atoms with Crippen LogP contribution in [0.2, 0.25) is 0 Å². The zero-order valence-corrected chi connectivity index (χ0v) is 15.1. The summed E-state index contributed by atoms with van der Waals surface area (Å²) in [4.78, 5) is 18.7. The molecule has 6 nitrogen and oxygen atoms in total. The Balaban J connectivity index is 1.47.